The zero-order valence-corrected chi connectivity index (χ0v) is 11.5. The minimum atomic E-state index is -0.659. The van der Waals surface area contributed by atoms with Crippen LogP contribution >= 0.6 is 0 Å². The van der Waals surface area contributed by atoms with Crippen molar-refractivity contribution in [1.29, 1.82) is 0 Å². The topological polar surface area (TPSA) is 118 Å². The van der Waals surface area contributed by atoms with Gasteiger partial charge in [0.2, 0.25) is 0 Å². The van der Waals surface area contributed by atoms with Crippen LogP contribution in [0.1, 0.15) is 27.9 Å². The van der Waals surface area contributed by atoms with Crippen LogP contribution in [0.25, 0.3) is 10.4 Å². The van der Waals surface area contributed by atoms with Crippen molar-refractivity contribution in [2.45, 2.75) is 13.3 Å². The normalized spacial score (nSPS) is 9.05. The first-order chi connectivity index (χ1) is 10.0. The molecule has 0 aliphatic heterocycles. The summed E-state index contributed by atoms with van der Waals surface area (Å²) in [5, 5.41) is 14.2. The predicted octanol–water partition coefficient (Wildman–Crippen LogP) is 2.74. The average molecular weight is 288 g/mol. The molecule has 0 atom stereocenters. The van der Waals surface area contributed by atoms with Gasteiger partial charge in [-0.25, -0.2) is 4.79 Å². The van der Waals surface area contributed by atoms with Gasteiger partial charge >= 0.3 is 5.97 Å². The minimum absolute atomic E-state index is 0.103. The summed E-state index contributed by atoms with van der Waals surface area (Å²) in [6, 6.07) is 2.45. The molecule has 0 fully saturated rings. The van der Waals surface area contributed by atoms with Crippen LogP contribution in [0.3, 0.4) is 0 Å². The number of rotatable bonds is 4. The fraction of sp³-hybridized carbons (Fsp3) is 0.308. The summed E-state index contributed by atoms with van der Waals surface area (Å²) >= 11 is 0. The quantitative estimate of drug-likeness (QED) is 0.124. The van der Waals surface area contributed by atoms with Gasteiger partial charge in [0.05, 0.1) is 17.6 Å². The second-order valence-electron chi connectivity index (χ2n) is 3.92. The van der Waals surface area contributed by atoms with Crippen molar-refractivity contribution in [1.82, 2.24) is 0 Å². The van der Waals surface area contributed by atoms with E-state index in [1.165, 1.54) is 13.2 Å². The summed E-state index contributed by atoms with van der Waals surface area (Å²) in [6.45, 7) is 1.84. The zero-order chi connectivity index (χ0) is 15.8. The maximum Gasteiger partial charge on any atom is 0.338 e. The predicted molar refractivity (Wildman–Crippen MR) is 74.7 cm³/mol. The average Bonchev–Trinajstić information content (AvgIpc) is 2.47. The van der Waals surface area contributed by atoms with Crippen LogP contribution in [0, 0.1) is 28.9 Å². The van der Waals surface area contributed by atoms with Crippen LogP contribution in [-0.2, 0) is 4.74 Å². The fourth-order valence-electron chi connectivity index (χ4n) is 1.56. The highest BCUT2D eigenvalue weighted by Crippen LogP contribution is 2.22. The van der Waals surface area contributed by atoms with Gasteiger partial charge in [-0.15, -0.1) is 0 Å². The number of esters is 1. The Kier molecular flexibility index (Phi) is 5.74. The summed E-state index contributed by atoms with van der Waals surface area (Å²) in [4.78, 5) is 24.5. The van der Waals surface area contributed by atoms with Crippen molar-refractivity contribution >= 4 is 11.7 Å². The number of nitro benzene ring substituents is 1. The number of nitrogens with zero attached hydrogens (tertiary/aromatic N) is 4. The van der Waals surface area contributed by atoms with E-state index in [0.29, 0.717) is 17.5 Å². The Morgan fingerprint density at radius 1 is 1.57 bits per heavy atom. The number of carbonyl (C=O) groups is 1. The van der Waals surface area contributed by atoms with Gasteiger partial charge in [-0.05, 0) is 18.0 Å². The molecule has 1 rings (SSSR count). The lowest BCUT2D eigenvalue weighted by Gasteiger charge is -2.06. The lowest BCUT2D eigenvalue weighted by atomic mass is 10.0. The molecular formula is C13H12N4O4. The highest BCUT2D eigenvalue weighted by atomic mass is 16.6. The van der Waals surface area contributed by atoms with Crippen LogP contribution in [0.4, 0.5) is 5.69 Å². The van der Waals surface area contributed by atoms with E-state index in [0.717, 1.165) is 6.07 Å². The second-order valence-corrected chi connectivity index (χ2v) is 3.92. The summed E-state index contributed by atoms with van der Waals surface area (Å²) in [6.07, 6.45) is 0.319. The number of benzene rings is 1. The molecule has 1 aromatic rings. The molecule has 0 aliphatic rings. The smallest absolute Gasteiger partial charge is 0.338 e. The highest BCUT2D eigenvalue weighted by molar-refractivity contribution is 5.92. The van der Waals surface area contributed by atoms with Crippen molar-refractivity contribution in [3.8, 4) is 11.8 Å². The number of non-ortho nitro benzene ring substituents is 1. The standard InChI is InChI=1S/C13H12N4O4/c1-9-10(5-3-4-6-15-16-14)7-11(17(19)20)8-12(9)13(18)21-2/h7-8H,4,6H2,1-2H3. The molecule has 108 valence electrons. The Morgan fingerprint density at radius 2 is 2.29 bits per heavy atom. The summed E-state index contributed by atoms with van der Waals surface area (Å²) in [7, 11) is 1.20. The van der Waals surface area contributed by atoms with Crippen LogP contribution in [0.5, 0.6) is 0 Å². The molecule has 8 nitrogen and oxygen atoms in total. The van der Waals surface area contributed by atoms with Crippen molar-refractivity contribution < 1.29 is 14.5 Å². The van der Waals surface area contributed by atoms with Crippen LogP contribution < -0.4 is 0 Å². The third-order valence-corrected chi connectivity index (χ3v) is 2.63. The van der Waals surface area contributed by atoms with E-state index in [4.69, 9.17) is 5.53 Å². The number of hydrogen-bond acceptors (Lipinski definition) is 5. The van der Waals surface area contributed by atoms with Gasteiger partial charge in [0.1, 0.15) is 0 Å². The third kappa shape index (κ3) is 4.23. The van der Waals surface area contributed by atoms with Crippen molar-refractivity contribution in [3.63, 3.8) is 0 Å². The first-order valence-corrected chi connectivity index (χ1v) is 5.88. The van der Waals surface area contributed by atoms with Gasteiger partial charge in [0, 0.05) is 35.6 Å². The van der Waals surface area contributed by atoms with E-state index in [1.807, 2.05) is 0 Å². The summed E-state index contributed by atoms with van der Waals surface area (Å²) < 4.78 is 4.60. The van der Waals surface area contributed by atoms with Gasteiger partial charge in [0.25, 0.3) is 5.69 Å². The van der Waals surface area contributed by atoms with E-state index in [1.54, 1.807) is 6.92 Å². The molecule has 1 aromatic carbocycles. The number of carbonyl (C=O) groups excluding carboxylic acids is 1. The number of nitro groups is 1. The van der Waals surface area contributed by atoms with Gasteiger partial charge in [-0.2, -0.15) is 0 Å². The van der Waals surface area contributed by atoms with Gasteiger partial charge in [0.15, 0.2) is 0 Å². The molecule has 0 bridgehead atoms. The number of methoxy groups -OCH3 is 1. The van der Waals surface area contributed by atoms with E-state index in [2.05, 4.69) is 26.6 Å². The molecule has 21 heavy (non-hydrogen) atoms. The molecule has 8 heteroatoms. The SMILES string of the molecule is COC(=O)c1cc([N+](=O)[O-])cc(C#CCCN=[N+]=[N-])c1C. The van der Waals surface area contributed by atoms with Crippen LogP contribution in [0.15, 0.2) is 17.2 Å². The Morgan fingerprint density at radius 3 is 2.86 bits per heavy atom. The minimum Gasteiger partial charge on any atom is -0.465 e. The van der Waals surface area contributed by atoms with Gasteiger partial charge in [-0.3, -0.25) is 10.1 Å². The summed E-state index contributed by atoms with van der Waals surface area (Å²) in [5.41, 5.74) is 8.87. The highest BCUT2D eigenvalue weighted by Gasteiger charge is 2.18. The molecule has 0 saturated heterocycles. The Hall–Kier alpha value is -3.04. The van der Waals surface area contributed by atoms with Crippen molar-refractivity contribution in [2.75, 3.05) is 13.7 Å². The molecule has 0 radical (unpaired) electrons. The monoisotopic (exact) mass is 288 g/mol. The first kappa shape index (κ1) is 16.0. The zero-order valence-electron chi connectivity index (χ0n) is 11.5. The van der Waals surface area contributed by atoms with E-state index in [-0.39, 0.29) is 17.8 Å². The maximum absolute atomic E-state index is 11.6. The third-order valence-electron chi connectivity index (χ3n) is 2.63. The Labute approximate surface area is 120 Å². The van der Waals surface area contributed by atoms with E-state index < -0.39 is 10.9 Å². The lowest BCUT2D eigenvalue weighted by Crippen LogP contribution is -2.06. The fourth-order valence-corrected chi connectivity index (χ4v) is 1.56. The first-order valence-electron chi connectivity index (χ1n) is 5.88. The van der Waals surface area contributed by atoms with Gasteiger partial charge < -0.3 is 4.74 Å². The second kappa shape index (κ2) is 7.53. The molecule has 0 unspecified atom stereocenters. The van der Waals surface area contributed by atoms with Crippen LogP contribution in [-0.4, -0.2) is 24.5 Å². The summed E-state index contributed by atoms with van der Waals surface area (Å²) in [5.74, 6) is 4.82. The number of hydrogen-bond donors (Lipinski definition) is 0. The molecule has 0 amide bonds. The molecule has 0 saturated carbocycles. The largest absolute Gasteiger partial charge is 0.465 e. The molecule has 0 spiro atoms. The number of ether oxygens (including phenoxy) is 1. The number of azide groups is 1. The molecule has 0 heterocycles. The van der Waals surface area contributed by atoms with Gasteiger partial charge in [-0.1, -0.05) is 17.0 Å². The van der Waals surface area contributed by atoms with Crippen molar-refractivity contribution in [3.05, 3.63) is 49.4 Å². The lowest BCUT2D eigenvalue weighted by molar-refractivity contribution is -0.384. The van der Waals surface area contributed by atoms with Crippen LogP contribution in [0.2, 0.25) is 0 Å². The van der Waals surface area contributed by atoms with Crippen molar-refractivity contribution in [2.24, 2.45) is 5.11 Å². The molecular weight excluding hydrogens is 276 g/mol. The van der Waals surface area contributed by atoms with E-state index >= 15 is 0 Å². The molecule has 0 aromatic heterocycles. The Balaban J connectivity index is 3.23. The van der Waals surface area contributed by atoms with E-state index in [9.17, 15) is 14.9 Å². The maximum atomic E-state index is 11.6. The Bertz CT molecular complexity index is 681. The molecule has 0 aliphatic carbocycles. The molecule has 0 N–H and O–H groups in total.